The van der Waals surface area contributed by atoms with Gasteiger partial charge in [-0.15, -0.1) is 0 Å². The normalized spacial score (nSPS) is 11.8. The van der Waals surface area contributed by atoms with Gasteiger partial charge in [0, 0.05) is 6.54 Å². The van der Waals surface area contributed by atoms with Crippen molar-refractivity contribution in [3.05, 3.63) is 0 Å². The number of aliphatic carboxylic acids is 1. The number of carbonyl (C=O) groups excluding carboxylic acids is 2. The molecule has 2 amide bonds. The Labute approximate surface area is 112 Å². The second-order valence-electron chi connectivity index (χ2n) is 4.51. The molecule has 7 nitrogen and oxygen atoms in total. The van der Waals surface area contributed by atoms with Crippen LogP contribution in [-0.4, -0.2) is 54.2 Å². The Hall–Kier alpha value is -1.79. The minimum Gasteiger partial charge on any atom is -0.480 e. The third-order valence-corrected chi connectivity index (χ3v) is 2.54. The number of hydrogen-bond acceptors (Lipinski definition) is 4. The van der Waals surface area contributed by atoms with Gasteiger partial charge < -0.3 is 20.1 Å². The van der Waals surface area contributed by atoms with Gasteiger partial charge in [-0.3, -0.25) is 4.79 Å². The summed E-state index contributed by atoms with van der Waals surface area (Å²) in [6.45, 7) is 5.41. The molecule has 0 aliphatic heterocycles. The molecule has 19 heavy (non-hydrogen) atoms. The molecule has 0 aliphatic rings. The lowest BCUT2D eigenvalue weighted by Crippen LogP contribution is -2.51. The minimum atomic E-state index is -1.10. The highest BCUT2D eigenvalue weighted by Gasteiger charge is 2.26. The van der Waals surface area contributed by atoms with Crippen LogP contribution < -0.4 is 5.32 Å². The van der Waals surface area contributed by atoms with E-state index in [1.807, 2.05) is 6.92 Å². The number of carboxylic acids is 1. The Morgan fingerprint density at radius 1 is 1.32 bits per heavy atom. The number of nitrogens with zero attached hydrogens (tertiary/aromatic N) is 1. The number of nitrogens with one attached hydrogen (secondary N) is 1. The number of carbonyl (C=O) groups is 3. The number of methoxy groups -OCH3 is 1. The maximum absolute atomic E-state index is 11.9. The molecule has 0 aliphatic carbocycles. The van der Waals surface area contributed by atoms with E-state index in [2.05, 4.69) is 10.1 Å². The van der Waals surface area contributed by atoms with Gasteiger partial charge in [-0.25, -0.2) is 9.59 Å². The van der Waals surface area contributed by atoms with Crippen LogP contribution in [0.15, 0.2) is 0 Å². The molecule has 0 radical (unpaired) electrons. The number of esters is 1. The van der Waals surface area contributed by atoms with Gasteiger partial charge in [-0.05, 0) is 12.3 Å². The topological polar surface area (TPSA) is 95.9 Å². The van der Waals surface area contributed by atoms with E-state index in [4.69, 9.17) is 5.11 Å². The molecule has 0 aromatic heterocycles. The minimum absolute atomic E-state index is 0.194. The number of hydrogen-bond donors (Lipinski definition) is 2. The molecule has 0 saturated carbocycles. The lowest BCUT2D eigenvalue weighted by Gasteiger charge is -2.25. The van der Waals surface area contributed by atoms with Crippen molar-refractivity contribution in [1.82, 2.24) is 10.2 Å². The Bertz CT molecular complexity index is 330. The van der Waals surface area contributed by atoms with Crippen LogP contribution in [0, 0.1) is 5.92 Å². The molecule has 7 heteroatoms. The highest BCUT2D eigenvalue weighted by atomic mass is 16.5. The van der Waals surface area contributed by atoms with Crippen molar-refractivity contribution in [3.63, 3.8) is 0 Å². The van der Waals surface area contributed by atoms with Crippen LogP contribution in [0.2, 0.25) is 0 Å². The third kappa shape index (κ3) is 6.08. The Morgan fingerprint density at radius 3 is 2.26 bits per heavy atom. The summed E-state index contributed by atoms with van der Waals surface area (Å²) in [4.78, 5) is 35.4. The van der Waals surface area contributed by atoms with Gasteiger partial charge in [-0.1, -0.05) is 20.8 Å². The number of rotatable bonds is 7. The highest BCUT2D eigenvalue weighted by Crippen LogP contribution is 2.03. The van der Waals surface area contributed by atoms with Gasteiger partial charge in [0.25, 0.3) is 0 Å². The van der Waals surface area contributed by atoms with Crippen LogP contribution in [0.25, 0.3) is 0 Å². The lowest BCUT2D eigenvalue weighted by atomic mass is 10.1. The maximum Gasteiger partial charge on any atom is 0.326 e. The second kappa shape index (κ2) is 8.34. The van der Waals surface area contributed by atoms with Crippen LogP contribution >= 0.6 is 0 Å². The summed E-state index contributed by atoms with van der Waals surface area (Å²) < 4.78 is 4.50. The number of carboxylic acid groups (broad SMARTS) is 1. The van der Waals surface area contributed by atoms with Gasteiger partial charge in [0.05, 0.1) is 7.11 Å². The zero-order valence-corrected chi connectivity index (χ0v) is 11.8. The van der Waals surface area contributed by atoms with Gasteiger partial charge in [0.1, 0.15) is 12.6 Å². The number of ether oxygens (including phenoxy) is 1. The average molecular weight is 274 g/mol. The molecule has 0 rings (SSSR count). The lowest BCUT2D eigenvalue weighted by molar-refractivity contribution is -0.141. The van der Waals surface area contributed by atoms with Gasteiger partial charge >= 0.3 is 18.0 Å². The molecule has 2 N–H and O–H groups in total. The summed E-state index contributed by atoms with van der Waals surface area (Å²) in [5.41, 5.74) is 0. The van der Waals surface area contributed by atoms with Crippen molar-refractivity contribution in [2.45, 2.75) is 33.2 Å². The summed E-state index contributed by atoms with van der Waals surface area (Å²) in [7, 11) is 1.23. The van der Waals surface area contributed by atoms with E-state index in [1.54, 1.807) is 13.8 Å². The van der Waals surface area contributed by atoms with Crippen molar-refractivity contribution in [2.75, 3.05) is 20.2 Å². The zero-order chi connectivity index (χ0) is 15.0. The number of urea groups is 1. The van der Waals surface area contributed by atoms with Crippen LogP contribution in [0.1, 0.15) is 27.2 Å². The fourth-order valence-corrected chi connectivity index (χ4v) is 1.48. The largest absolute Gasteiger partial charge is 0.480 e. The molecule has 110 valence electrons. The Morgan fingerprint density at radius 2 is 1.89 bits per heavy atom. The van der Waals surface area contributed by atoms with Crippen molar-refractivity contribution < 1.29 is 24.2 Å². The van der Waals surface area contributed by atoms with Gasteiger partial charge in [-0.2, -0.15) is 0 Å². The predicted octanol–water partition coefficient (Wildman–Crippen LogP) is 0.690. The van der Waals surface area contributed by atoms with Crippen LogP contribution in [0.3, 0.4) is 0 Å². The molecule has 0 fully saturated rings. The summed E-state index contributed by atoms with van der Waals surface area (Å²) in [5, 5.41) is 11.4. The summed E-state index contributed by atoms with van der Waals surface area (Å²) in [5.74, 6) is -1.89. The molecule has 0 heterocycles. The fraction of sp³-hybridized carbons (Fsp3) is 0.750. The van der Waals surface area contributed by atoms with Crippen LogP contribution in [0.5, 0.6) is 0 Å². The SMILES string of the molecule is CCCN(CC(=O)OC)C(=O)N[C@H](C(=O)O)C(C)C. The molecular weight excluding hydrogens is 252 g/mol. The standard InChI is InChI=1S/C12H22N2O5/c1-5-6-14(7-9(15)19-4)12(18)13-10(8(2)3)11(16)17/h8,10H,5-7H2,1-4H3,(H,13,18)(H,16,17)/t10-/m0/s1. The molecule has 0 aromatic rings. The van der Waals surface area contributed by atoms with E-state index in [0.29, 0.717) is 13.0 Å². The van der Waals surface area contributed by atoms with E-state index in [1.165, 1.54) is 12.0 Å². The molecule has 0 saturated heterocycles. The summed E-state index contributed by atoms with van der Waals surface area (Å²) in [6, 6.07) is -1.56. The predicted molar refractivity (Wildman–Crippen MR) is 68.7 cm³/mol. The first-order valence-electron chi connectivity index (χ1n) is 6.18. The monoisotopic (exact) mass is 274 g/mol. The second-order valence-corrected chi connectivity index (χ2v) is 4.51. The molecule has 0 spiro atoms. The first kappa shape index (κ1) is 17.2. The van der Waals surface area contributed by atoms with Gasteiger partial charge in [0.2, 0.25) is 0 Å². The molecule has 0 unspecified atom stereocenters. The van der Waals surface area contributed by atoms with E-state index in [-0.39, 0.29) is 12.5 Å². The molecule has 0 bridgehead atoms. The summed E-state index contributed by atoms with van der Waals surface area (Å²) in [6.07, 6.45) is 0.657. The average Bonchev–Trinajstić information content (AvgIpc) is 2.33. The van der Waals surface area contributed by atoms with Crippen molar-refractivity contribution in [3.8, 4) is 0 Å². The first-order chi connectivity index (χ1) is 8.83. The third-order valence-electron chi connectivity index (χ3n) is 2.54. The van der Waals surface area contributed by atoms with Crippen molar-refractivity contribution in [1.29, 1.82) is 0 Å². The maximum atomic E-state index is 11.9. The van der Waals surface area contributed by atoms with E-state index in [0.717, 1.165) is 0 Å². The molecule has 0 aromatic carbocycles. The Balaban J connectivity index is 4.70. The van der Waals surface area contributed by atoms with Crippen molar-refractivity contribution in [2.24, 2.45) is 5.92 Å². The van der Waals surface area contributed by atoms with Crippen LogP contribution in [-0.2, 0) is 14.3 Å². The smallest absolute Gasteiger partial charge is 0.326 e. The summed E-state index contributed by atoms with van der Waals surface area (Å²) >= 11 is 0. The van der Waals surface area contributed by atoms with E-state index < -0.39 is 24.0 Å². The first-order valence-corrected chi connectivity index (χ1v) is 6.18. The quantitative estimate of drug-likeness (QED) is 0.666. The number of amides is 2. The van der Waals surface area contributed by atoms with E-state index in [9.17, 15) is 14.4 Å². The van der Waals surface area contributed by atoms with Gasteiger partial charge in [0.15, 0.2) is 0 Å². The highest BCUT2D eigenvalue weighted by molar-refractivity contribution is 5.85. The van der Waals surface area contributed by atoms with Crippen LogP contribution in [0.4, 0.5) is 4.79 Å². The molecular formula is C12H22N2O5. The zero-order valence-electron chi connectivity index (χ0n) is 11.8. The van der Waals surface area contributed by atoms with Crippen molar-refractivity contribution >= 4 is 18.0 Å². The molecule has 1 atom stereocenters. The van der Waals surface area contributed by atoms with E-state index >= 15 is 0 Å². The fourth-order valence-electron chi connectivity index (χ4n) is 1.48. The Kier molecular flexibility index (Phi) is 7.55.